The van der Waals surface area contributed by atoms with E-state index in [0.29, 0.717) is 5.56 Å². The third-order valence-electron chi connectivity index (χ3n) is 3.84. The lowest BCUT2D eigenvalue weighted by Gasteiger charge is -2.29. The molecular weight excluding hydrogens is 340 g/mol. The quantitative estimate of drug-likeness (QED) is 0.729. The van der Waals surface area contributed by atoms with Crippen LogP contribution >= 0.6 is 11.3 Å². The van der Waals surface area contributed by atoms with Crippen LogP contribution in [0.4, 0.5) is 0 Å². The van der Waals surface area contributed by atoms with E-state index in [1.54, 1.807) is 44.2 Å². The van der Waals surface area contributed by atoms with Gasteiger partial charge in [0.1, 0.15) is 0 Å². The Bertz CT molecular complexity index is 712. The van der Waals surface area contributed by atoms with Crippen LogP contribution in [0.15, 0.2) is 41.8 Å². The van der Waals surface area contributed by atoms with Gasteiger partial charge in [0.05, 0.1) is 12.2 Å². The summed E-state index contributed by atoms with van der Waals surface area (Å²) in [5.41, 5.74) is -0.986. The zero-order valence-corrected chi connectivity index (χ0v) is 15.3. The second kappa shape index (κ2) is 7.37. The normalized spacial score (nSPS) is 12.1. The fourth-order valence-electron chi connectivity index (χ4n) is 2.34. The van der Waals surface area contributed by atoms with E-state index in [1.807, 2.05) is 29.6 Å². The van der Waals surface area contributed by atoms with Gasteiger partial charge in [-0.15, -0.1) is 11.3 Å². The van der Waals surface area contributed by atoms with E-state index in [9.17, 15) is 19.8 Å². The molecule has 0 saturated carbocycles. The second-order valence-electron chi connectivity index (χ2n) is 6.94. The van der Waals surface area contributed by atoms with E-state index in [2.05, 4.69) is 0 Å². The van der Waals surface area contributed by atoms with Crippen molar-refractivity contribution in [1.82, 2.24) is 0 Å². The van der Waals surface area contributed by atoms with Crippen molar-refractivity contribution in [3.05, 3.63) is 47.3 Å². The first-order valence-corrected chi connectivity index (χ1v) is 8.76. The Morgan fingerprint density at radius 2 is 1.64 bits per heavy atom. The van der Waals surface area contributed by atoms with Crippen LogP contribution in [0.25, 0.3) is 10.4 Å². The molecular formula is C19H22O5S. The van der Waals surface area contributed by atoms with Crippen LogP contribution < -0.4 is 0 Å². The number of carbonyl (C=O) groups is 2. The Hall–Kier alpha value is -2.18. The van der Waals surface area contributed by atoms with Crippen molar-refractivity contribution < 1.29 is 24.5 Å². The van der Waals surface area contributed by atoms with Crippen molar-refractivity contribution in [2.45, 2.75) is 32.8 Å². The van der Waals surface area contributed by atoms with Gasteiger partial charge in [-0.3, -0.25) is 9.59 Å². The summed E-state index contributed by atoms with van der Waals surface area (Å²) in [5.74, 6) is -2.79. The Kier molecular flexibility index (Phi) is 5.65. The molecule has 0 spiro atoms. The first kappa shape index (κ1) is 19.1. The van der Waals surface area contributed by atoms with Crippen LogP contribution in [-0.2, 0) is 20.7 Å². The van der Waals surface area contributed by atoms with Gasteiger partial charge >= 0.3 is 11.9 Å². The van der Waals surface area contributed by atoms with Gasteiger partial charge in [0.15, 0.2) is 5.41 Å². The summed E-state index contributed by atoms with van der Waals surface area (Å²) in [5, 5.41) is 21.2. The van der Waals surface area contributed by atoms with Gasteiger partial charge in [0.25, 0.3) is 0 Å². The highest BCUT2D eigenvalue weighted by Gasteiger charge is 2.48. The maximum Gasteiger partial charge on any atom is 0.323 e. The molecule has 0 aliphatic carbocycles. The molecule has 0 saturated heterocycles. The molecule has 0 radical (unpaired) electrons. The average molecular weight is 362 g/mol. The van der Waals surface area contributed by atoms with Crippen molar-refractivity contribution in [2.24, 2.45) is 5.41 Å². The molecule has 0 unspecified atom stereocenters. The molecule has 0 atom stereocenters. The van der Waals surface area contributed by atoms with Gasteiger partial charge < -0.3 is 14.9 Å². The minimum Gasteiger partial charge on any atom is -0.480 e. The summed E-state index contributed by atoms with van der Waals surface area (Å²) in [6, 6.07) is 11.2. The lowest BCUT2D eigenvalue weighted by atomic mass is 9.82. The van der Waals surface area contributed by atoms with Gasteiger partial charge in [-0.2, -0.15) is 0 Å². The van der Waals surface area contributed by atoms with Crippen LogP contribution in [0.2, 0.25) is 0 Å². The summed E-state index contributed by atoms with van der Waals surface area (Å²) >= 11 is 1.61. The molecule has 0 aliphatic heterocycles. The highest BCUT2D eigenvalue weighted by atomic mass is 32.1. The lowest BCUT2D eigenvalue weighted by Crippen LogP contribution is -2.47. The topological polar surface area (TPSA) is 83.8 Å². The highest BCUT2D eigenvalue weighted by molar-refractivity contribution is 7.13. The fraction of sp³-hybridized carbons (Fsp3) is 0.368. The van der Waals surface area contributed by atoms with E-state index >= 15 is 0 Å². The number of carboxylic acids is 2. The zero-order chi connectivity index (χ0) is 18.7. The molecule has 1 heterocycles. The van der Waals surface area contributed by atoms with Gasteiger partial charge in [0.2, 0.25) is 0 Å². The van der Waals surface area contributed by atoms with Crippen LogP contribution in [-0.4, -0.2) is 34.4 Å². The number of ether oxygens (including phenoxy) is 1. The number of hydrogen-bond acceptors (Lipinski definition) is 4. The standard InChI is InChI=1S/C19H22O5S/c1-18(2,3)24-12-19(16(20)21,17(22)23)11-13-6-8-14(9-7-13)15-5-4-10-25-15/h4-10H,11-12H2,1-3H3,(H,20,21)(H,22,23). The highest BCUT2D eigenvalue weighted by Crippen LogP contribution is 2.29. The molecule has 25 heavy (non-hydrogen) atoms. The summed E-state index contributed by atoms with van der Waals surface area (Å²) in [6.07, 6.45) is -0.140. The van der Waals surface area contributed by atoms with E-state index in [1.165, 1.54) is 0 Å². The van der Waals surface area contributed by atoms with E-state index in [0.717, 1.165) is 10.4 Å². The first-order valence-electron chi connectivity index (χ1n) is 7.88. The minimum atomic E-state index is -2.02. The molecule has 0 aliphatic rings. The van der Waals surface area contributed by atoms with Crippen LogP contribution in [0.1, 0.15) is 26.3 Å². The summed E-state index contributed by atoms with van der Waals surface area (Å²) in [7, 11) is 0. The average Bonchev–Trinajstić information content (AvgIpc) is 3.05. The van der Waals surface area contributed by atoms with Gasteiger partial charge in [-0.25, -0.2) is 0 Å². The number of rotatable bonds is 7. The third kappa shape index (κ3) is 4.67. The SMILES string of the molecule is CC(C)(C)OCC(Cc1ccc(-c2cccs2)cc1)(C(=O)O)C(=O)O. The monoisotopic (exact) mass is 362 g/mol. The largest absolute Gasteiger partial charge is 0.480 e. The van der Waals surface area contributed by atoms with Crippen molar-refractivity contribution in [3.63, 3.8) is 0 Å². The summed E-state index contributed by atoms with van der Waals surface area (Å²) < 4.78 is 5.51. The predicted octanol–water partition coefficient (Wildman–Crippen LogP) is 3.93. The molecule has 6 heteroatoms. The molecule has 134 valence electrons. The van der Waals surface area contributed by atoms with Crippen molar-refractivity contribution >= 4 is 23.3 Å². The van der Waals surface area contributed by atoms with Gasteiger partial charge in [-0.1, -0.05) is 30.3 Å². The number of thiophene rings is 1. The molecule has 1 aromatic carbocycles. The minimum absolute atomic E-state index is 0.140. The van der Waals surface area contributed by atoms with Crippen LogP contribution in [0, 0.1) is 5.41 Å². The molecule has 0 amide bonds. The summed E-state index contributed by atoms with van der Waals surface area (Å²) in [4.78, 5) is 24.7. The number of aliphatic carboxylic acids is 2. The lowest BCUT2D eigenvalue weighted by molar-refractivity contribution is -0.173. The van der Waals surface area contributed by atoms with E-state index in [-0.39, 0.29) is 6.42 Å². The smallest absolute Gasteiger partial charge is 0.323 e. The Morgan fingerprint density at radius 1 is 1.04 bits per heavy atom. The van der Waals surface area contributed by atoms with E-state index in [4.69, 9.17) is 4.74 Å². The Labute approximate surface area is 150 Å². The van der Waals surface area contributed by atoms with Crippen LogP contribution in [0.3, 0.4) is 0 Å². The fourth-order valence-corrected chi connectivity index (χ4v) is 3.07. The molecule has 1 aromatic heterocycles. The molecule has 5 nitrogen and oxygen atoms in total. The van der Waals surface area contributed by atoms with Crippen molar-refractivity contribution in [3.8, 4) is 10.4 Å². The van der Waals surface area contributed by atoms with Crippen molar-refractivity contribution in [1.29, 1.82) is 0 Å². The Morgan fingerprint density at radius 3 is 2.08 bits per heavy atom. The van der Waals surface area contributed by atoms with Crippen LogP contribution in [0.5, 0.6) is 0 Å². The molecule has 0 fully saturated rings. The van der Waals surface area contributed by atoms with Gasteiger partial charge in [-0.05, 0) is 43.3 Å². The van der Waals surface area contributed by atoms with E-state index < -0.39 is 29.6 Å². The zero-order valence-electron chi connectivity index (χ0n) is 14.5. The number of carboxylic acid groups (broad SMARTS) is 2. The van der Waals surface area contributed by atoms with Crippen molar-refractivity contribution in [2.75, 3.05) is 6.61 Å². The molecule has 2 rings (SSSR count). The molecule has 2 aromatic rings. The summed E-state index contributed by atoms with van der Waals surface area (Å²) in [6.45, 7) is 4.89. The third-order valence-corrected chi connectivity index (χ3v) is 4.75. The molecule has 2 N–H and O–H groups in total. The number of hydrogen-bond donors (Lipinski definition) is 2. The number of benzene rings is 1. The predicted molar refractivity (Wildman–Crippen MR) is 96.9 cm³/mol. The van der Waals surface area contributed by atoms with Gasteiger partial charge in [0, 0.05) is 11.3 Å². The maximum atomic E-state index is 11.8. The second-order valence-corrected chi connectivity index (χ2v) is 7.89. The maximum absolute atomic E-state index is 11.8. The first-order chi connectivity index (χ1) is 11.6. The Balaban J connectivity index is 2.26. The molecule has 0 bridgehead atoms.